The Morgan fingerprint density at radius 2 is 2.22 bits per heavy atom. The van der Waals surface area contributed by atoms with Crippen molar-refractivity contribution < 1.29 is 14.6 Å². The number of aliphatic hydroxyl groups excluding tert-OH is 1. The number of epoxide rings is 1. The summed E-state index contributed by atoms with van der Waals surface area (Å²) >= 11 is 0. The number of hydrogen-bond donors (Lipinski definition) is 1. The Morgan fingerprint density at radius 1 is 1.44 bits per heavy atom. The first-order valence-corrected chi connectivity index (χ1v) is 7.16. The van der Waals surface area contributed by atoms with E-state index in [1.165, 1.54) is 5.57 Å². The van der Waals surface area contributed by atoms with Crippen LogP contribution in [0.4, 0.5) is 0 Å². The molecule has 0 aromatic rings. The maximum atomic E-state index is 10.1. The number of fused-ring (bicyclic) bond motifs is 2. The van der Waals surface area contributed by atoms with E-state index in [1.807, 2.05) is 0 Å². The minimum absolute atomic E-state index is 0.0781. The van der Waals surface area contributed by atoms with Crippen LogP contribution < -0.4 is 0 Å². The van der Waals surface area contributed by atoms with E-state index in [0.717, 1.165) is 32.3 Å². The fourth-order valence-electron chi connectivity index (χ4n) is 4.99. The lowest BCUT2D eigenvalue weighted by Gasteiger charge is -2.57. The van der Waals surface area contributed by atoms with Crippen LogP contribution in [-0.4, -0.2) is 36.1 Å². The monoisotopic (exact) mass is 250 g/mol. The summed E-state index contributed by atoms with van der Waals surface area (Å²) in [6.07, 6.45) is 6.91. The lowest BCUT2D eigenvalue weighted by Crippen LogP contribution is -2.63. The molecule has 5 atom stereocenters. The zero-order valence-corrected chi connectivity index (χ0v) is 11.2. The molecule has 0 aromatic heterocycles. The second kappa shape index (κ2) is 3.20. The van der Waals surface area contributed by atoms with Gasteiger partial charge in [0.25, 0.3) is 0 Å². The molecule has 1 saturated carbocycles. The van der Waals surface area contributed by atoms with Gasteiger partial charge in [0, 0.05) is 10.8 Å². The fourth-order valence-corrected chi connectivity index (χ4v) is 4.99. The third-order valence-corrected chi connectivity index (χ3v) is 6.45. The summed E-state index contributed by atoms with van der Waals surface area (Å²) in [4.78, 5) is 0. The summed E-state index contributed by atoms with van der Waals surface area (Å²) in [7, 11) is 0. The van der Waals surface area contributed by atoms with E-state index in [9.17, 15) is 5.11 Å². The summed E-state index contributed by atoms with van der Waals surface area (Å²) in [5.74, 6) is 0. The highest BCUT2D eigenvalue weighted by Crippen LogP contribution is 2.71. The molecule has 18 heavy (non-hydrogen) atoms. The predicted molar refractivity (Wildman–Crippen MR) is 67.2 cm³/mol. The highest BCUT2D eigenvalue weighted by Gasteiger charge is 2.78. The van der Waals surface area contributed by atoms with Crippen molar-refractivity contribution in [3.05, 3.63) is 11.6 Å². The second-order valence-electron chi connectivity index (χ2n) is 6.92. The average molecular weight is 250 g/mol. The molecule has 2 saturated heterocycles. The Hall–Kier alpha value is -0.380. The number of allylic oxidation sites excluding steroid dienone is 1. The van der Waals surface area contributed by atoms with Gasteiger partial charge >= 0.3 is 0 Å². The first-order chi connectivity index (χ1) is 8.58. The Balaban J connectivity index is 1.86. The van der Waals surface area contributed by atoms with Crippen LogP contribution in [0.1, 0.15) is 39.5 Å². The topological polar surface area (TPSA) is 42.0 Å². The largest absolute Gasteiger partial charge is 0.396 e. The number of hydrogen-bond acceptors (Lipinski definition) is 3. The van der Waals surface area contributed by atoms with E-state index in [2.05, 4.69) is 19.9 Å². The zero-order valence-electron chi connectivity index (χ0n) is 11.2. The minimum atomic E-state index is -0.129. The number of rotatable bonds is 1. The lowest BCUT2D eigenvalue weighted by molar-refractivity contribution is -0.211. The first kappa shape index (κ1) is 11.4. The van der Waals surface area contributed by atoms with Crippen molar-refractivity contribution in [1.29, 1.82) is 0 Å². The molecule has 2 bridgehead atoms. The Morgan fingerprint density at radius 3 is 2.89 bits per heavy atom. The molecule has 3 unspecified atom stereocenters. The van der Waals surface area contributed by atoms with E-state index in [1.54, 1.807) is 0 Å². The van der Waals surface area contributed by atoms with E-state index in [4.69, 9.17) is 9.47 Å². The van der Waals surface area contributed by atoms with Crippen LogP contribution in [0.3, 0.4) is 0 Å². The van der Waals surface area contributed by atoms with Crippen molar-refractivity contribution in [3.63, 3.8) is 0 Å². The molecular weight excluding hydrogens is 228 g/mol. The Labute approximate surface area is 108 Å². The normalized spacial score (nSPS) is 57.4. The molecule has 2 aliphatic heterocycles. The third-order valence-electron chi connectivity index (χ3n) is 6.45. The molecule has 0 amide bonds. The van der Waals surface area contributed by atoms with Crippen molar-refractivity contribution in [2.45, 2.75) is 57.3 Å². The van der Waals surface area contributed by atoms with Crippen LogP contribution in [0.25, 0.3) is 0 Å². The smallest absolute Gasteiger partial charge is 0.124 e. The fraction of sp³-hybridized carbons (Fsp3) is 0.867. The standard InChI is InChI=1S/C15H22O3/c1-10-3-6-14(8-16)12(7-10)18-11-4-5-13(14,2)15(11)9-17-15/h7,11-12,16H,3-6,8-9H2,1-2H3/t11?,12-,13?,14-,15?/m1/s1. The van der Waals surface area contributed by atoms with Crippen molar-refractivity contribution in [3.8, 4) is 0 Å². The predicted octanol–water partition coefficient (Wildman–Crippen LogP) is 2.04. The van der Waals surface area contributed by atoms with Gasteiger partial charge in [0.2, 0.25) is 0 Å². The molecule has 2 aliphatic carbocycles. The van der Waals surface area contributed by atoms with Crippen LogP contribution in [0.5, 0.6) is 0 Å². The van der Waals surface area contributed by atoms with Gasteiger partial charge in [-0.15, -0.1) is 0 Å². The highest BCUT2D eigenvalue weighted by atomic mass is 16.6. The van der Waals surface area contributed by atoms with Gasteiger partial charge in [0.15, 0.2) is 0 Å². The van der Waals surface area contributed by atoms with Crippen LogP contribution >= 0.6 is 0 Å². The van der Waals surface area contributed by atoms with Gasteiger partial charge in [-0.2, -0.15) is 0 Å². The zero-order chi connectivity index (χ0) is 12.6. The van der Waals surface area contributed by atoms with E-state index >= 15 is 0 Å². The average Bonchev–Trinajstić information content (AvgIpc) is 3.11. The number of aliphatic hydroxyl groups is 1. The van der Waals surface area contributed by atoms with Crippen LogP contribution in [0.2, 0.25) is 0 Å². The number of ether oxygens (including phenoxy) is 2. The summed E-state index contributed by atoms with van der Waals surface area (Å²) < 4.78 is 12.2. The van der Waals surface area contributed by atoms with Crippen LogP contribution in [-0.2, 0) is 9.47 Å². The molecule has 3 fully saturated rings. The third kappa shape index (κ3) is 1.01. The van der Waals surface area contributed by atoms with E-state index in [0.29, 0.717) is 0 Å². The maximum Gasteiger partial charge on any atom is 0.124 e. The quantitative estimate of drug-likeness (QED) is 0.572. The summed E-state index contributed by atoms with van der Waals surface area (Å²) in [5.41, 5.74) is 1.28. The van der Waals surface area contributed by atoms with Crippen LogP contribution in [0, 0.1) is 10.8 Å². The van der Waals surface area contributed by atoms with E-state index in [-0.39, 0.29) is 35.2 Å². The van der Waals surface area contributed by atoms with Gasteiger partial charge in [-0.05, 0) is 32.6 Å². The molecule has 3 nitrogen and oxygen atoms in total. The molecule has 0 radical (unpaired) electrons. The Kier molecular flexibility index (Phi) is 2.03. The SMILES string of the molecule is CC1=C[C@H]2OC3CCC(C)(C34CO4)[C@@]2(CO)CC1. The highest BCUT2D eigenvalue weighted by molar-refractivity contribution is 5.30. The van der Waals surface area contributed by atoms with Crippen molar-refractivity contribution in [2.24, 2.45) is 10.8 Å². The molecule has 1 N–H and O–H groups in total. The minimum Gasteiger partial charge on any atom is -0.396 e. The van der Waals surface area contributed by atoms with Gasteiger partial charge in [0.1, 0.15) is 5.60 Å². The summed E-state index contributed by atoms with van der Waals surface area (Å²) in [5, 5.41) is 10.1. The summed E-state index contributed by atoms with van der Waals surface area (Å²) in [6.45, 7) is 5.55. The van der Waals surface area contributed by atoms with Gasteiger partial charge < -0.3 is 14.6 Å². The van der Waals surface area contributed by atoms with Crippen molar-refractivity contribution >= 4 is 0 Å². The lowest BCUT2D eigenvalue weighted by atomic mass is 9.52. The molecule has 2 heterocycles. The maximum absolute atomic E-state index is 10.1. The van der Waals surface area contributed by atoms with Crippen molar-refractivity contribution in [1.82, 2.24) is 0 Å². The van der Waals surface area contributed by atoms with Crippen molar-refractivity contribution in [2.75, 3.05) is 13.2 Å². The molecular formula is C15H22O3. The molecule has 4 rings (SSSR count). The molecule has 3 heteroatoms. The van der Waals surface area contributed by atoms with Gasteiger partial charge in [-0.25, -0.2) is 0 Å². The molecule has 0 aromatic carbocycles. The molecule has 4 aliphatic rings. The first-order valence-electron chi connectivity index (χ1n) is 7.16. The molecule has 100 valence electrons. The molecule has 1 spiro atoms. The second-order valence-corrected chi connectivity index (χ2v) is 6.92. The van der Waals surface area contributed by atoms with Gasteiger partial charge in [-0.3, -0.25) is 0 Å². The van der Waals surface area contributed by atoms with Gasteiger partial charge in [-0.1, -0.05) is 18.6 Å². The van der Waals surface area contributed by atoms with Gasteiger partial charge in [0.05, 0.1) is 25.4 Å². The Bertz CT molecular complexity index is 425. The summed E-state index contributed by atoms with van der Waals surface area (Å²) in [6, 6.07) is 0. The van der Waals surface area contributed by atoms with E-state index < -0.39 is 0 Å². The van der Waals surface area contributed by atoms with Crippen LogP contribution in [0.15, 0.2) is 11.6 Å².